The molecular weight excluding hydrogens is 743 g/mol. The van der Waals surface area contributed by atoms with E-state index in [0.29, 0.717) is 11.3 Å². The molecule has 9 aromatic rings. The third-order valence-electron chi connectivity index (χ3n) is 12.8. The number of imidazole rings is 1. The number of nitrogens with zero attached hydrogens (tertiary/aromatic N) is 3. The number of fused-ring (bicyclic) bond motifs is 5. The molecule has 4 heteroatoms. The first-order valence-corrected chi connectivity index (χ1v) is 20.9. The Labute approximate surface area is 368 Å². The molecule has 4 nitrogen and oxygen atoms in total. The highest BCUT2D eigenvalue weighted by atomic mass is 16.5. The molecule has 61 heavy (non-hydrogen) atoms. The van der Waals surface area contributed by atoms with Gasteiger partial charge in [0.1, 0.15) is 22.6 Å². The topological polar surface area (TPSA) is 21.9 Å². The summed E-state index contributed by atoms with van der Waals surface area (Å²) in [5.41, 5.74) is 13.8. The third-order valence-corrected chi connectivity index (χ3v) is 12.8. The molecule has 3 aliphatic rings. The normalized spacial score (nSPS) is 17.7. The molecule has 0 saturated carbocycles. The maximum absolute atomic E-state index is 9.53. The van der Waals surface area contributed by atoms with Crippen molar-refractivity contribution in [2.45, 2.75) is 58.6 Å². The van der Waals surface area contributed by atoms with Gasteiger partial charge in [-0.05, 0) is 106 Å². The summed E-state index contributed by atoms with van der Waals surface area (Å²) in [6.07, 6.45) is 1.91. The van der Waals surface area contributed by atoms with Crippen LogP contribution in [-0.4, -0.2) is 4.57 Å². The predicted octanol–water partition coefficient (Wildman–Crippen LogP) is 13.2. The van der Waals surface area contributed by atoms with Crippen molar-refractivity contribution >= 4 is 11.0 Å². The fourth-order valence-electron chi connectivity index (χ4n) is 9.96. The Hall–Kier alpha value is -7.04. The Morgan fingerprint density at radius 2 is 1.34 bits per heavy atom. The standard InChI is InChI=1S/C57H47N3O/c1-35(2)44-33-46(39-18-11-8-12-19-39)51(34-45(44)38-16-9-7-10-17-38)59-49-22-15-21-42-47-31-41(56(4,5)6)32-48-50-30-40(37-26-24-36(3)25-27-37)28-29-58(50)57(53(47)48)60(54(42)49)55(59)43-20-13-14-23-52(43)61-57/h7-35H,1-6H3/q+2/i3D3,24D,25D,26D,27D,35D. The predicted molar refractivity (Wildman–Crippen MR) is 247 cm³/mol. The second-order valence-electron chi connectivity index (χ2n) is 17.6. The van der Waals surface area contributed by atoms with Crippen molar-refractivity contribution in [3.8, 4) is 78.6 Å². The zero-order chi connectivity index (χ0) is 48.3. The van der Waals surface area contributed by atoms with Gasteiger partial charge in [-0.2, -0.15) is 4.57 Å². The van der Waals surface area contributed by atoms with E-state index in [1.165, 1.54) is 0 Å². The molecule has 0 radical (unpaired) electrons. The van der Waals surface area contributed by atoms with E-state index in [4.69, 9.17) is 14.3 Å². The number of ether oxygens (including phenoxy) is 1. The minimum atomic E-state index is -2.84. The van der Waals surface area contributed by atoms with E-state index in [1.807, 2.05) is 80.7 Å². The van der Waals surface area contributed by atoms with Crippen LogP contribution in [0.4, 0.5) is 0 Å². The van der Waals surface area contributed by atoms with E-state index in [2.05, 4.69) is 107 Å². The van der Waals surface area contributed by atoms with Gasteiger partial charge in [-0.3, -0.25) is 0 Å². The van der Waals surface area contributed by atoms with E-state index >= 15 is 0 Å². The Morgan fingerprint density at radius 3 is 2.07 bits per heavy atom. The molecule has 3 aliphatic heterocycles. The van der Waals surface area contributed by atoms with Gasteiger partial charge in [0, 0.05) is 34.3 Å². The van der Waals surface area contributed by atoms with Gasteiger partial charge in [-0.25, -0.2) is 0 Å². The lowest BCUT2D eigenvalue weighted by molar-refractivity contribution is -0.997. The van der Waals surface area contributed by atoms with E-state index < -0.39 is 48.3 Å². The number of rotatable bonds is 5. The molecule has 0 fully saturated rings. The van der Waals surface area contributed by atoms with Gasteiger partial charge in [0.25, 0.3) is 0 Å². The van der Waals surface area contributed by atoms with Crippen molar-refractivity contribution in [1.29, 1.82) is 0 Å². The van der Waals surface area contributed by atoms with E-state index in [0.717, 1.165) is 89.4 Å². The Bertz CT molecular complexity index is 3670. The Balaban J connectivity index is 1.24. The first-order chi connectivity index (χ1) is 32.8. The highest BCUT2D eigenvalue weighted by Crippen LogP contribution is 2.55. The lowest BCUT2D eigenvalue weighted by Crippen LogP contribution is -2.78. The number of para-hydroxylation sites is 2. The quantitative estimate of drug-likeness (QED) is 0.159. The molecule has 0 N–H and O–H groups in total. The zero-order valence-corrected chi connectivity index (χ0v) is 34.6. The van der Waals surface area contributed by atoms with E-state index in [-0.39, 0.29) is 11.0 Å². The van der Waals surface area contributed by atoms with Crippen LogP contribution in [0.5, 0.6) is 5.75 Å². The van der Waals surface area contributed by atoms with Crippen LogP contribution < -0.4 is 13.9 Å². The summed E-state index contributed by atoms with van der Waals surface area (Å²) < 4.78 is 84.0. The smallest absolute Gasteiger partial charge is 0.392 e. The van der Waals surface area contributed by atoms with Crippen molar-refractivity contribution in [2.24, 2.45) is 0 Å². The highest BCUT2D eigenvalue weighted by Gasteiger charge is 2.68. The second kappa shape index (κ2) is 12.7. The molecule has 0 saturated heterocycles. The van der Waals surface area contributed by atoms with Crippen LogP contribution in [0, 0.1) is 6.85 Å². The summed E-state index contributed by atoms with van der Waals surface area (Å²) in [4.78, 5) is 0. The number of pyridine rings is 1. The average Bonchev–Trinajstić information content (AvgIpc) is 3.81. The lowest BCUT2D eigenvalue weighted by Gasteiger charge is -2.33. The third kappa shape index (κ3) is 4.99. The zero-order valence-electron chi connectivity index (χ0n) is 42.6. The van der Waals surface area contributed by atoms with Crippen LogP contribution >= 0.6 is 0 Å². The monoisotopic (exact) mass is 797 g/mol. The van der Waals surface area contributed by atoms with Gasteiger partial charge in [0.2, 0.25) is 5.69 Å². The highest BCUT2D eigenvalue weighted by molar-refractivity contribution is 5.99. The first-order valence-electron chi connectivity index (χ1n) is 24.9. The van der Waals surface area contributed by atoms with Gasteiger partial charge in [0.15, 0.2) is 17.2 Å². The van der Waals surface area contributed by atoms with Crippen LogP contribution in [0.3, 0.4) is 0 Å². The molecule has 5 heterocycles. The number of hydrogen-bond acceptors (Lipinski definition) is 1. The summed E-state index contributed by atoms with van der Waals surface area (Å²) in [5, 5.41) is 0. The van der Waals surface area contributed by atoms with Crippen molar-refractivity contribution in [2.75, 3.05) is 0 Å². The molecule has 0 amide bonds. The molecule has 1 unspecified atom stereocenters. The van der Waals surface area contributed by atoms with Crippen molar-refractivity contribution in [1.82, 2.24) is 4.57 Å². The van der Waals surface area contributed by atoms with Gasteiger partial charge in [-0.15, -0.1) is 9.13 Å². The maximum atomic E-state index is 9.53. The molecular formula is C57H47N3O+2. The molecule has 294 valence electrons. The fraction of sp³-hybridized carbons (Fsp3) is 0.158. The van der Waals surface area contributed by atoms with Crippen LogP contribution in [0.15, 0.2) is 170 Å². The van der Waals surface area contributed by atoms with Gasteiger partial charge >= 0.3 is 11.7 Å². The SMILES string of the molecule is [2H]c1c([2H])c(C([2H])([2H])[2H])c([2H])c([2H])c1-c1cc[n+]2c(c1)-c1cc(C(C)(C)C)cc3c1C21Oc2ccccc2-c2n(-c4cc(-c5ccccc5)c(C([2H])(C)C)cc4-c4ccccc4)c4cccc-3c4[n+]21. The molecule has 1 spiro atoms. The summed E-state index contributed by atoms with van der Waals surface area (Å²) >= 11 is 0. The fourth-order valence-corrected chi connectivity index (χ4v) is 9.96. The number of aromatic nitrogens is 3. The van der Waals surface area contributed by atoms with Crippen LogP contribution in [0.2, 0.25) is 0 Å². The maximum Gasteiger partial charge on any atom is 0.499 e. The second-order valence-corrected chi connectivity index (χ2v) is 17.6. The summed E-state index contributed by atoms with van der Waals surface area (Å²) in [5.74, 6) is -0.737. The van der Waals surface area contributed by atoms with Crippen LogP contribution in [0.1, 0.15) is 73.7 Å². The van der Waals surface area contributed by atoms with Crippen LogP contribution in [-0.2, 0) is 11.3 Å². The summed E-state index contributed by atoms with van der Waals surface area (Å²) in [6, 6.07) is 45.9. The average molecular weight is 798 g/mol. The van der Waals surface area contributed by atoms with Crippen molar-refractivity contribution < 1.29 is 24.8 Å². The number of hydrogen-bond donors (Lipinski definition) is 0. The van der Waals surface area contributed by atoms with Crippen LogP contribution in [0.25, 0.3) is 83.9 Å². The minimum absolute atomic E-state index is 0.0213. The van der Waals surface area contributed by atoms with Gasteiger partial charge in [-0.1, -0.05) is 143 Å². The van der Waals surface area contributed by atoms with E-state index in [1.54, 1.807) is 6.07 Å². The van der Waals surface area contributed by atoms with E-state index in [9.17, 15) is 1.37 Å². The molecule has 12 rings (SSSR count). The first kappa shape index (κ1) is 28.4. The largest absolute Gasteiger partial charge is 0.499 e. The Kier molecular flexibility index (Phi) is 5.94. The van der Waals surface area contributed by atoms with Gasteiger partial charge in [0.05, 0.1) is 11.0 Å². The molecule has 2 aromatic heterocycles. The summed E-state index contributed by atoms with van der Waals surface area (Å²) in [6.45, 7) is 7.62. The Morgan fingerprint density at radius 1 is 0.656 bits per heavy atom. The molecule has 7 aromatic carbocycles. The number of benzene rings is 7. The summed E-state index contributed by atoms with van der Waals surface area (Å²) in [7, 11) is 0. The molecule has 0 bridgehead atoms. The van der Waals surface area contributed by atoms with Crippen molar-refractivity contribution in [3.05, 3.63) is 192 Å². The van der Waals surface area contributed by atoms with Gasteiger partial charge < -0.3 is 4.74 Å². The lowest BCUT2D eigenvalue weighted by atomic mass is 9.80. The minimum Gasteiger partial charge on any atom is -0.392 e. The molecule has 0 aliphatic carbocycles. The molecule has 1 atom stereocenters. The van der Waals surface area contributed by atoms with Crippen molar-refractivity contribution in [3.63, 3.8) is 0 Å².